The van der Waals surface area contributed by atoms with Crippen molar-refractivity contribution in [2.24, 2.45) is 0 Å². The lowest BCUT2D eigenvalue weighted by atomic mass is 10.1. The number of benzene rings is 1. The fraction of sp³-hybridized carbons (Fsp3) is 0.444. The number of fused-ring (bicyclic) bond motifs is 1. The number of hydrogen-bond acceptors (Lipinski definition) is 5. The van der Waals surface area contributed by atoms with Gasteiger partial charge in [-0.1, -0.05) is 31.2 Å². The number of nitrogens with zero attached hydrogens (tertiary/aromatic N) is 2. The number of aryl methyl sites for hydroxylation is 1. The maximum atomic E-state index is 13.8. The van der Waals surface area contributed by atoms with Crippen molar-refractivity contribution in [1.29, 1.82) is 0 Å². The molecule has 0 aliphatic heterocycles. The molecule has 0 radical (unpaired) electrons. The molecule has 1 heterocycles. The number of imide groups is 1. The predicted octanol–water partition coefficient (Wildman–Crippen LogP) is 6.98. The molecule has 0 saturated carbocycles. The molecule has 0 aliphatic carbocycles. The number of amides is 2. The first kappa shape index (κ1) is 26.9. The summed E-state index contributed by atoms with van der Waals surface area (Å²) in [6, 6.07) is 5.43. The Bertz CT molecular complexity index is 1140. The fourth-order valence-electron chi connectivity index (χ4n) is 3.24. The van der Waals surface area contributed by atoms with Crippen LogP contribution in [0.25, 0.3) is 10.9 Å². The molecule has 2 aromatic rings. The van der Waals surface area contributed by atoms with Gasteiger partial charge in [-0.25, -0.2) is 14.5 Å². The topological polar surface area (TPSA) is 77.8 Å². The molecule has 0 saturated heterocycles. The molecule has 2 rings (SSSR count). The summed E-state index contributed by atoms with van der Waals surface area (Å²) < 4.78 is 12.4. The van der Waals surface area contributed by atoms with Crippen LogP contribution in [0.4, 0.5) is 9.59 Å². The van der Waals surface area contributed by atoms with Gasteiger partial charge < -0.3 is 9.47 Å². The Kier molecular flexibility index (Phi) is 8.14. The molecule has 1 aromatic heterocycles. The number of rotatable bonds is 4. The van der Waals surface area contributed by atoms with Gasteiger partial charge >= 0.3 is 12.2 Å². The van der Waals surface area contributed by atoms with E-state index in [-0.39, 0.29) is 5.56 Å². The lowest BCUT2D eigenvalue weighted by molar-refractivity contribution is 0.0304. The van der Waals surface area contributed by atoms with E-state index in [4.69, 9.17) is 9.47 Å². The summed E-state index contributed by atoms with van der Waals surface area (Å²) >= 11 is 0. The third-order valence-corrected chi connectivity index (χ3v) is 4.64. The zero-order chi connectivity index (χ0) is 25.8. The third kappa shape index (κ3) is 6.59. The van der Waals surface area contributed by atoms with Crippen molar-refractivity contribution in [2.75, 3.05) is 0 Å². The Morgan fingerprint density at radius 3 is 2.18 bits per heavy atom. The highest BCUT2D eigenvalue weighted by atomic mass is 16.6. The van der Waals surface area contributed by atoms with Crippen molar-refractivity contribution in [3.8, 4) is 0 Å². The predicted molar refractivity (Wildman–Crippen MR) is 134 cm³/mol. The Morgan fingerprint density at radius 2 is 1.65 bits per heavy atom. The first-order chi connectivity index (χ1) is 15.7. The maximum absolute atomic E-state index is 13.8. The molecule has 0 N–H and O–H groups in total. The monoisotopic (exact) mass is 468 g/mol. The van der Waals surface area contributed by atoms with Crippen molar-refractivity contribution in [3.63, 3.8) is 0 Å². The lowest BCUT2D eigenvalue weighted by Gasteiger charge is -2.26. The number of carbonyl (C=O) groups excluding carboxylic acids is 3. The Labute approximate surface area is 202 Å². The second-order valence-electron chi connectivity index (χ2n) is 10.1. The SMILES string of the molecule is C/C=C(\C=C/CC)N(C(=O)OC(C)(C)C)C(=O)c1cn(C(=O)OC(C)(C)C)c2cc(C)ccc12. The molecular weight excluding hydrogens is 432 g/mol. The summed E-state index contributed by atoms with van der Waals surface area (Å²) in [5.74, 6) is -0.598. The van der Waals surface area contributed by atoms with E-state index in [1.807, 2.05) is 26.0 Å². The maximum Gasteiger partial charge on any atom is 0.422 e. The molecule has 0 atom stereocenters. The van der Waals surface area contributed by atoms with Crippen LogP contribution < -0.4 is 0 Å². The van der Waals surface area contributed by atoms with Crippen LogP contribution in [0.2, 0.25) is 0 Å². The van der Waals surface area contributed by atoms with Gasteiger partial charge in [-0.15, -0.1) is 0 Å². The third-order valence-electron chi connectivity index (χ3n) is 4.64. The van der Waals surface area contributed by atoms with E-state index < -0.39 is 29.3 Å². The largest absolute Gasteiger partial charge is 0.443 e. The molecule has 7 heteroatoms. The van der Waals surface area contributed by atoms with Crippen LogP contribution in [0.5, 0.6) is 0 Å². The van der Waals surface area contributed by atoms with Gasteiger partial charge in [0.25, 0.3) is 5.91 Å². The van der Waals surface area contributed by atoms with E-state index in [2.05, 4.69) is 0 Å². The zero-order valence-electron chi connectivity index (χ0n) is 21.7. The van der Waals surface area contributed by atoms with Gasteiger partial charge in [0.1, 0.15) is 11.2 Å². The van der Waals surface area contributed by atoms with Crippen molar-refractivity contribution < 1.29 is 23.9 Å². The Hall–Kier alpha value is -3.35. The van der Waals surface area contributed by atoms with Gasteiger partial charge in [0.05, 0.1) is 16.8 Å². The van der Waals surface area contributed by atoms with E-state index in [1.165, 1.54) is 10.8 Å². The van der Waals surface area contributed by atoms with Crippen LogP contribution in [-0.2, 0) is 9.47 Å². The van der Waals surface area contributed by atoms with Gasteiger partial charge in [0, 0.05) is 11.6 Å². The molecule has 184 valence electrons. The van der Waals surface area contributed by atoms with Crippen LogP contribution in [0.1, 0.15) is 77.7 Å². The number of aromatic nitrogens is 1. The number of carbonyl (C=O) groups is 3. The molecule has 1 aromatic carbocycles. The minimum Gasteiger partial charge on any atom is -0.443 e. The zero-order valence-corrected chi connectivity index (χ0v) is 21.7. The average Bonchev–Trinajstić information content (AvgIpc) is 3.06. The first-order valence-corrected chi connectivity index (χ1v) is 11.4. The average molecular weight is 469 g/mol. The van der Waals surface area contributed by atoms with Gasteiger partial charge in [0.2, 0.25) is 0 Å². The Balaban J connectivity index is 2.70. The van der Waals surface area contributed by atoms with Crippen LogP contribution >= 0.6 is 0 Å². The van der Waals surface area contributed by atoms with Crippen LogP contribution in [0.3, 0.4) is 0 Å². The summed E-state index contributed by atoms with van der Waals surface area (Å²) in [7, 11) is 0. The van der Waals surface area contributed by atoms with Gasteiger partial charge in [-0.05, 0) is 79.5 Å². The van der Waals surface area contributed by atoms with Crippen molar-refractivity contribution in [1.82, 2.24) is 9.47 Å². The van der Waals surface area contributed by atoms with Gasteiger partial charge in [-0.2, -0.15) is 0 Å². The van der Waals surface area contributed by atoms with Crippen LogP contribution in [0.15, 0.2) is 48.3 Å². The lowest BCUT2D eigenvalue weighted by Crippen LogP contribution is -2.40. The van der Waals surface area contributed by atoms with E-state index in [0.717, 1.165) is 16.9 Å². The summed E-state index contributed by atoms with van der Waals surface area (Å²) in [5, 5.41) is 0.532. The van der Waals surface area contributed by atoms with E-state index in [9.17, 15) is 14.4 Å². The summed E-state index contributed by atoms with van der Waals surface area (Å²) in [6.07, 6.45) is 5.98. The van der Waals surface area contributed by atoms with Crippen molar-refractivity contribution in [3.05, 3.63) is 59.4 Å². The minimum atomic E-state index is -0.801. The summed E-state index contributed by atoms with van der Waals surface area (Å²) in [4.78, 5) is 41.0. The highest BCUT2D eigenvalue weighted by molar-refractivity contribution is 6.13. The number of ether oxygens (including phenoxy) is 2. The van der Waals surface area contributed by atoms with E-state index in [0.29, 0.717) is 16.6 Å². The summed E-state index contributed by atoms with van der Waals surface area (Å²) in [6.45, 7) is 16.1. The van der Waals surface area contributed by atoms with E-state index in [1.54, 1.807) is 72.8 Å². The summed E-state index contributed by atoms with van der Waals surface area (Å²) in [5.41, 5.74) is 0.492. The second-order valence-corrected chi connectivity index (χ2v) is 10.1. The highest BCUT2D eigenvalue weighted by Crippen LogP contribution is 2.27. The Morgan fingerprint density at radius 1 is 1.03 bits per heavy atom. The molecule has 0 fully saturated rings. The molecule has 0 aliphatic rings. The minimum absolute atomic E-state index is 0.191. The first-order valence-electron chi connectivity index (χ1n) is 11.4. The van der Waals surface area contributed by atoms with Gasteiger partial charge in [0.15, 0.2) is 0 Å². The molecule has 34 heavy (non-hydrogen) atoms. The number of allylic oxidation sites excluding steroid dienone is 3. The molecule has 7 nitrogen and oxygen atoms in total. The van der Waals surface area contributed by atoms with Gasteiger partial charge in [-0.3, -0.25) is 9.36 Å². The molecule has 0 unspecified atom stereocenters. The van der Waals surface area contributed by atoms with Crippen molar-refractivity contribution in [2.45, 2.75) is 79.9 Å². The molecule has 2 amide bonds. The normalized spacial score (nSPS) is 12.8. The standard InChI is InChI=1S/C27H36N2O5/c1-10-12-13-19(11-2)29(25(32)34-27(7,8)9)23(30)21-17-28(24(31)33-26(4,5)6)22-16-18(3)14-15-20(21)22/h11-17H,10H2,1-9H3/b13-12-,19-11+. The quantitative estimate of drug-likeness (QED) is 0.452. The second kappa shape index (κ2) is 10.3. The smallest absolute Gasteiger partial charge is 0.422 e. The van der Waals surface area contributed by atoms with Crippen molar-refractivity contribution >= 4 is 29.0 Å². The molecule has 0 bridgehead atoms. The van der Waals surface area contributed by atoms with Crippen LogP contribution in [0, 0.1) is 6.92 Å². The fourth-order valence-corrected chi connectivity index (χ4v) is 3.24. The molecule has 0 spiro atoms. The molecular formula is C27H36N2O5. The van der Waals surface area contributed by atoms with E-state index >= 15 is 0 Å². The highest BCUT2D eigenvalue weighted by Gasteiger charge is 2.33. The number of hydrogen-bond donors (Lipinski definition) is 0. The van der Waals surface area contributed by atoms with Crippen LogP contribution in [-0.4, -0.2) is 38.8 Å².